The second-order valence-corrected chi connectivity index (χ2v) is 6.87. The SMILES string of the molecule is CO[C@H]1O[C@@H]2COCO[C@H]2[C@H](OC(=O)c2ccccc2)[C@H]1OC(=O)c1ccccc1. The van der Waals surface area contributed by atoms with Gasteiger partial charge in [-0.3, -0.25) is 0 Å². The molecule has 8 heteroatoms. The second-order valence-electron chi connectivity index (χ2n) is 6.87. The average Bonchev–Trinajstić information content (AvgIpc) is 2.81. The van der Waals surface area contributed by atoms with Gasteiger partial charge in [-0.25, -0.2) is 9.59 Å². The van der Waals surface area contributed by atoms with E-state index in [2.05, 4.69) is 0 Å². The van der Waals surface area contributed by atoms with E-state index in [1.54, 1.807) is 60.7 Å². The molecule has 2 aliphatic heterocycles. The summed E-state index contributed by atoms with van der Waals surface area (Å²) in [5.41, 5.74) is 0.727. The molecule has 0 spiro atoms. The molecule has 2 fully saturated rings. The Labute approximate surface area is 173 Å². The van der Waals surface area contributed by atoms with Crippen molar-refractivity contribution in [3.05, 3.63) is 71.8 Å². The molecule has 0 aromatic heterocycles. The van der Waals surface area contributed by atoms with Crippen molar-refractivity contribution in [2.45, 2.75) is 30.7 Å². The highest BCUT2D eigenvalue weighted by atomic mass is 16.8. The molecular weight excluding hydrogens is 392 g/mol. The molecule has 2 heterocycles. The fourth-order valence-corrected chi connectivity index (χ4v) is 3.49. The molecule has 0 N–H and O–H groups in total. The van der Waals surface area contributed by atoms with Crippen LogP contribution in [0.4, 0.5) is 0 Å². The van der Waals surface area contributed by atoms with Gasteiger partial charge in [-0.2, -0.15) is 0 Å². The van der Waals surface area contributed by atoms with Crippen LogP contribution in [0.15, 0.2) is 60.7 Å². The number of fused-ring (bicyclic) bond motifs is 1. The Morgan fingerprint density at radius 1 is 0.867 bits per heavy atom. The summed E-state index contributed by atoms with van der Waals surface area (Å²) in [5, 5.41) is 0. The van der Waals surface area contributed by atoms with Crippen molar-refractivity contribution in [3.8, 4) is 0 Å². The standard InChI is InChI=1S/C22H22O8/c1-25-22-19(30-21(24)15-10-6-3-7-11-15)18(17-16(28-22)12-26-13-27-17)29-20(23)14-8-4-2-5-9-14/h2-11,16-19,22H,12-13H2,1H3/t16-,17-,18+,19-,22+/m1/s1. The van der Waals surface area contributed by atoms with E-state index in [1.165, 1.54) is 7.11 Å². The van der Waals surface area contributed by atoms with Crippen LogP contribution in [0.3, 0.4) is 0 Å². The molecule has 0 amide bonds. The number of ether oxygens (including phenoxy) is 6. The first-order valence-corrected chi connectivity index (χ1v) is 9.57. The van der Waals surface area contributed by atoms with Crippen molar-refractivity contribution >= 4 is 11.9 Å². The van der Waals surface area contributed by atoms with Crippen molar-refractivity contribution in [1.29, 1.82) is 0 Å². The minimum Gasteiger partial charge on any atom is -0.452 e. The minimum atomic E-state index is -1.03. The van der Waals surface area contributed by atoms with Crippen LogP contribution >= 0.6 is 0 Å². The van der Waals surface area contributed by atoms with Crippen LogP contribution in [0.25, 0.3) is 0 Å². The smallest absolute Gasteiger partial charge is 0.338 e. The summed E-state index contributed by atoms with van der Waals surface area (Å²) in [5.74, 6) is -1.15. The molecule has 0 unspecified atom stereocenters. The van der Waals surface area contributed by atoms with E-state index >= 15 is 0 Å². The van der Waals surface area contributed by atoms with E-state index in [9.17, 15) is 9.59 Å². The van der Waals surface area contributed by atoms with Gasteiger partial charge in [-0.15, -0.1) is 0 Å². The van der Waals surface area contributed by atoms with E-state index in [-0.39, 0.29) is 13.4 Å². The molecule has 0 radical (unpaired) electrons. The summed E-state index contributed by atoms with van der Waals surface area (Å²) in [6, 6.07) is 17.1. The van der Waals surface area contributed by atoms with Crippen LogP contribution in [0.1, 0.15) is 20.7 Å². The monoisotopic (exact) mass is 414 g/mol. The fraction of sp³-hybridized carbons (Fsp3) is 0.364. The summed E-state index contributed by atoms with van der Waals surface area (Å²) in [4.78, 5) is 25.4. The zero-order valence-corrected chi connectivity index (χ0v) is 16.3. The van der Waals surface area contributed by atoms with Crippen LogP contribution in [0.5, 0.6) is 0 Å². The van der Waals surface area contributed by atoms with E-state index in [1.807, 2.05) is 0 Å². The first-order valence-electron chi connectivity index (χ1n) is 9.57. The maximum atomic E-state index is 12.8. The Balaban J connectivity index is 1.60. The Morgan fingerprint density at radius 2 is 1.43 bits per heavy atom. The number of carbonyl (C=O) groups excluding carboxylic acids is 2. The zero-order chi connectivity index (χ0) is 20.9. The van der Waals surface area contributed by atoms with Crippen molar-refractivity contribution in [3.63, 3.8) is 0 Å². The maximum Gasteiger partial charge on any atom is 0.338 e. The van der Waals surface area contributed by atoms with Gasteiger partial charge in [0.15, 0.2) is 18.5 Å². The lowest BCUT2D eigenvalue weighted by Crippen LogP contribution is -2.64. The predicted octanol–water partition coefficient (Wildman–Crippen LogP) is 2.18. The molecule has 5 atom stereocenters. The summed E-state index contributed by atoms with van der Waals surface area (Å²) < 4.78 is 33.7. The molecule has 2 saturated heterocycles. The first-order chi connectivity index (χ1) is 14.7. The number of benzene rings is 2. The molecule has 8 nitrogen and oxygen atoms in total. The molecule has 2 aromatic rings. The van der Waals surface area contributed by atoms with Crippen LogP contribution < -0.4 is 0 Å². The van der Waals surface area contributed by atoms with Gasteiger partial charge in [0.25, 0.3) is 0 Å². The zero-order valence-electron chi connectivity index (χ0n) is 16.3. The Morgan fingerprint density at radius 3 is 2.00 bits per heavy atom. The first kappa shape index (κ1) is 20.5. The fourth-order valence-electron chi connectivity index (χ4n) is 3.49. The van der Waals surface area contributed by atoms with Gasteiger partial charge in [0.1, 0.15) is 19.0 Å². The van der Waals surface area contributed by atoms with Crippen LogP contribution in [0, 0.1) is 0 Å². The number of methoxy groups -OCH3 is 1. The van der Waals surface area contributed by atoms with Gasteiger partial charge in [-0.05, 0) is 24.3 Å². The molecule has 0 aliphatic carbocycles. The average molecular weight is 414 g/mol. The minimum absolute atomic E-state index is 0.0148. The second kappa shape index (κ2) is 9.36. The van der Waals surface area contributed by atoms with Crippen molar-refractivity contribution in [2.75, 3.05) is 20.5 Å². The van der Waals surface area contributed by atoms with Gasteiger partial charge < -0.3 is 28.4 Å². The molecule has 0 saturated carbocycles. The number of esters is 2. The number of carbonyl (C=O) groups is 2. The number of hydrogen-bond donors (Lipinski definition) is 0. The molecule has 2 aliphatic rings. The summed E-state index contributed by atoms with van der Waals surface area (Å²) in [7, 11) is 1.43. The predicted molar refractivity (Wildman–Crippen MR) is 103 cm³/mol. The maximum absolute atomic E-state index is 12.8. The van der Waals surface area contributed by atoms with Gasteiger partial charge in [0.2, 0.25) is 0 Å². The summed E-state index contributed by atoms with van der Waals surface area (Å²) in [6.07, 6.45) is -4.15. The van der Waals surface area contributed by atoms with Gasteiger partial charge in [0, 0.05) is 7.11 Å². The third-order valence-corrected chi connectivity index (χ3v) is 4.95. The van der Waals surface area contributed by atoms with Gasteiger partial charge >= 0.3 is 11.9 Å². The quantitative estimate of drug-likeness (QED) is 0.688. The Hall–Kier alpha value is -2.78. The summed E-state index contributed by atoms with van der Waals surface area (Å²) in [6.45, 7) is 0.254. The van der Waals surface area contributed by atoms with Gasteiger partial charge in [0.05, 0.1) is 17.7 Å². The number of hydrogen-bond acceptors (Lipinski definition) is 8. The highest BCUT2D eigenvalue weighted by Crippen LogP contribution is 2.31. The highest BCUT2D eigenvalue weighted by Gasteiger charge is 2.52. The molecule has 0 bridgehead atoms. The largest absolute Gasteiger partial charge is 0.452 e. The van der Waals surface area contributed by atoms with Crippen LogP contribution in [0.2, 0.25) is 0 Å². The Kier molecular flexibility index (Phi) is 6.39. The lowest BCUT2D eigenvalue weighted by molar-refractivity contribution is -0.332. The van der Waals surface area contributed by atoms with E-state index in [0.717, 1.165) is 0 Å². The summed E-state index contributed by atoms with van der Waals surface area (Å²) >= 11 is 0. The molecule has 30 heavy (non-hydrogen) atoms. The van der Waals surface area contributed by atoms with Crippen LogP contribution in [-0.2, 0) is 28.4 Å². The van der Waals surface area contributed by atoms with Crippen molar-refractivity contribution in [1.82, 2.24) is 0 Å². The third kappa shape index (κ3) is 4.36. The molecule has 4 rings (SSSR count). The van der Waals surface area contributed by atoms with Crippen molar-refractivity contribution in [2.24, 2.45) is 0 Å². The van der Waals surface area contributed by atoms with E-state index < -0.39 is 42.6 Å². The number of rotatable bonds is 5. The topological polar surface area (TPSA) is 89.5 Å². The lowest BCUT2D eigenvalue weighted by Gasteiger charge is -2.46. The molecule has 158 valence electrons. The third-order valence-electron chi connectivity index (χ3n) is 4.95. The lowest BCUT2D eigenvalue weighted by atomic mass is 9.97. The van der Waals surface area contributed by atoms with E-state index in [4.69, 9.17) is 28.4 Å². The van der Waals surface area contributed by atoms with E-state index in [0.29, 0.717) is 11.1 Å². The Bertz CT molecular complexity index is 856. The molecular formula is C22H22O8. The van der Waals surface area contributed by atoms with Crippen molar-refractivity contribution < 1.29 is 38.0 Å². The highest BCUT2D eigenvalue weighted by molar-refractivity contribution is 5.90. The van der Waals surface area contributed by atoms with Crippen LogP contribution in [-0.4, -0.2) is 63.2 Å². The van der Waals surface area contributed by atoms with Gasteiger partial charge in [-0.1, -0.05) is 36.4 Å². The normalized spacial score (nSPS) is 28.2. The molecule has 2 aromatic carbocycles.